The summed E-state index contributed by atoms with van der Waals surface area (Å²) in [5.74, 6) is -0.999. The molecule has 0 aromatic heterocycles. The number of aromatic hydroxyl groups is 1. The van der Waals surface area contributed by atoms with E-state index in [2.05, 4.69) is 0 Å². The molecule has 1 unspecified atom stereocenters. The highest BCUT2D eigenvalue weighted by Gasteiger charge is 2.50. The Labute approximate surface area is 264 Å². The van der Waals surface area contributed by atoms with E-state index in [4.69, 9.17) is 0 Å². The number of phenols is 1. The molecular weight excluding hydrogens is 597 g/mol. The first-order valence-corrected chi connectivity index (χ1v) is 15.0. The van der Waals surface area contributed by atoms with Gasteiger partial charge in [-0.25, -0.2) is 5.01 Å². The zero-order chi connectivity index (χ0) is 32.6. The van der Waals surface area contributed by atoms with Crippen molar-refractivity contribution in [2.24, 2.45) is 0 Å². The highest BCUT2D eigenvalue weighted by molar-refractivity contribution is 5.92. The number of nitrogens with zero attached hydrogens (tertiary/aromatic N) is 4. The van der Waals surface area contributed by atoms with Crippen LogP contribution in [0, 0.1) is 0 Å². The number of hydrazine groups is 1. The molecule has 2 saturated heterocycles. The SMILES string of the molecule is CN1CC(=O)N2C(CN(Cc3cccc4ccccc34)C(=O)[C@@H]2Cc2ccc(O)cc2)N1C(=O)CCc1ccccc1C(F)(F)F. The second-order valence-electron chi connectivity index (χ2n) is 11.7. The van der Waals surface area contributed by atoms with Gasteiger partial charge >= 0.3 is 6.18 Å². The fraction of sp³-hybridized carbons (Fsp3) is 0.286. The molecule has 6 rings (SSSR count). The van der Waals surface area contributed by atoms with Gasteiger partial charge in [0.1, 0.15) is 18.0 Å². The average Bonchev–Trinajstić information content (AvgIpc) is 3.02. The first-order valence-electron chi connectivity index (χ1n) is 15.0. The number of hydrogen-bond donors (Lipinski definition) is 1. The molecule has 2 atom stereocenters. The van der Waals surface area contributed by atoms with E-state index in [-0.39, 0.29) is 62.0 Å². The number of rotatable bonds is 7. The molecule has 4 aromatic rings. The summed E-state index contributed by atoms with van der Waals surface area (Å²) in [6.07, 6.45) is -5.65. The lowest BCUT2D eigenvalue weighted by atomic mass is 9.97. The maximum absolute atomic E-state index is 14.2. The van der Waals surface area contributed by atoms with Crippen LogP contribution in [0.2, 0.25) is 0 Å². The summed E-state index contributed by atoms with van der Waals surface area (Å²) >= 11 is 0. The Morgan fingerprint density at radius 2 is 1.57 bits per heavy atom. The minimum absolute atomic E-state index is 0.0116. The maximum Gasteiger partial charge on any atom is 0.416 e. The van der Waals surface area contributed by atoms with Crippen molar-refractivity contribution >= 4 is 28.5 Å². The second-order valence-corrected chi connectivity index (χ2v) is 11.7. The third kappa shape index (κ3) is 6.15. The van der Waals surface area contributed by atoms with E-state index < -0.39 is 29.9 Å². The van der Waals surface area contributed by atoms with Crippen molar-refractivity contribution < 1.29 is 32.7 Å². The number of carbonyl (C=O) groups is 3. The molecule has 0 spiro atoms. The summed E-state index contributed by atoms with van der Waals surface area (Å²) < 4.78 is 41.0. The first kappa shape index (κ1) is 31.1. The molecule has 11 heteroatoms. The van der Waals surface area contributed by atoms with Gasteiger partial charge in [-0.15, -0.1) is 0 Å². The molecule has 238 valence electrons. The summed E-state index contributed by atoms with van der Waals surface area (Å²) in [5.41, 5.74) is 0.846. The number of carbonyl (C=O) groups excluding carboxylic acids is 3. The maximum atomic E-state index is 14.2. The summed E-state index contributed by atoms with van der Waals surface area (Å²) in [6, 6.07) is 24.3. The molecule has 0 radical (unpaired) electrons. The number of aryl methyl sites for hydroxylation is 1. The van der Waals surface area contributed by atoms with Crippen molar-refractivity contribution in [3.05, 3.63) is 113 Å². The smallest absolute Gasteiger partial charge is 0.416 e. The van der Waals surface area contributed by atoms with Gasteiger partial charge in [0.2, 0.25) is 17.7 Å². The van der Waals surface area contributed by atoms with Gasteiger partial charge in [0.25, 0.3) is 0 Å². The molecule has 1 N–H and O–H groups in total. The lowest BCUT2D eigenvalue weighted by Gasteiger charge is -2.54. The van der Waals surface area contributed by atoms with Crippen LogP contribution in [0.4, 0.5) is 13.2 Å². The van der Waals surface area contributed by atoms with Crippen molar-refractivity contribution in [3.63, 3.8) is 0 Å². The summed E-state index contributed by atoms with van der Waals surface area (Å²) in [4.78, 5) is 44.8. The van der Waals surface area contributed by atoms with Crippen molar-refractivity contribution in [3.8, 4) is 5.75 Å². The number of halogens is 3. The molecule has 3 amide bonds. The van der Waals surface area contributed by atoms with Gasteiger partial charge in [0.15, 0.2) is 0 Å². The number of fused-ring (bicyclic) bond motifs is 2. The zero-order valence-electron chi connectivity index (χ0n) is 25.2. The third-order valence-corrected chi connectivity index (χ3v) is 8.73. The fourth-order valence-corrected chi connectivity index (χ4v) is 6.58. The largest absolute Gasteiger partial charge is 0.508 e. The zero-order valence-corrected chi connectivity index (χ0v) is 25.2. The first-order chi connectivity index (χ1) is 22.0. The lowest BCUT2D eigenvalue weighted by Crippen LogP contribution is -2.75. The third-order valence-electron chi connectivity index (χ3n) is 8.73. The molecule has 2 aliphatic rings. The summed E-state index contributed by atoms with van der Waals surface area (Å²) in [5, 5.41) is 14.7. The molecule has 46 heavy (non-hydrogen) atoms. The number of benzene rings is 4. The van der Waals surface area contributed by atoms with E-state index in [1.54, 1.807) is 24.1 Å². The lowest BCUT2D eigenvalue weighted by molar-refractivity contribution is -0.202. The standard InChI is InChI=1S/C35H33F3N4O4/c1-39-22-33(45)41-30(19-23-13-16-27(43)17-14-23)34(46)40(20-26-10-6-9-24-7-2-4-11-28(24)26)21-31(41)42(39)32(44)18-15-25-8-3-5-12-29(25)35(36,37)38/h2-14,16-17,30-31,43H,15,18-22H2,1H3/t30-,31?/m0/s1. The highest BCUT2D eigenvalue weighted by Crippen LogP contribution is 2.34. The minimum atomic E-state index is -4.56. The van der Waals surface area contributed by atoms with Crippen molar-refractivity contribution in [2.75, 3.05) is 20.1 Å². The minimum Gasteiger partial charge on any atom is -0.508 e. The molecule has 4 aromatic carbocycles. The van der Waals surface area contributed by atoms with Gasteiger partial charge in [0, 0.05) is 26.4 Å². The quantitative estimate of drug-likeness (QED) is 0.311. The van der Waals surface area contributed by atoms with Gasteiger partial charge in [-0.3, -0.25) is 19.4 Å². The normalized spacial score (nSPS) is 19.1. The number of phenolic OH excluding ortho intramolecular Hbond substituents is 1. The molecule has 0 aliphatic carbocycles. The molecule has 8 nitrogen and oxygen atoms in total. The number of amides is 3. The van der Waals surface area contributed by atoms with Gasteiger partial charge in [0.05, 0.1) is 18.7 Å². The Bertz CT molecular complexity index is 1770. The predicted octanol–water partition coefficient (Wildman–Crippen LogP) is 4.99. The Kier molecular flexibility index (Phi) is 8.43. The van der Waals surface area contributed by atoms with E-state index in [0.717, 1.165) is 28.0 Å². The molecule has 2 fully saturated rings. The van der Waals surface area contributed by atoms with Gasteiger partial charge in [-0.05, 0) is 52.1 Å². The predicted molar refractivity (Wildman–Crippen MR) is 165 cm³/mol. The van der Waals surface area contributed by atoms with E-state index in [0.29, 0.717) is 0 Å². The summed E-state index contributed by atoms with van der Waals surface area (Å²) in [6.45, 7) is 0.0780. The van der Waals surface area contributed by atoms with E-state index in [9.17, 15) is 32.7 Å². The Balaban J connectivity index is 1.33. The molecule has 0 saturated carbocycles. The van der Waals surface area contributed by atoms with Crippen LogP contribution in [0.25, 0.3) is 10.8 Å². The van der Waals surface area contributed by atoms with Crippen LogP contribution >= 0.6 is 0 Å². The van der Waals surface area contributed by atoms with Gasteiger partial charge < -0.3 is 14.9 Å². The number of alkyl halides is 3. The van der Waals surface area contributed by atoms with Crippen LogP contribution < -0.4 is 0 Å². The van der Waals surface area contributed by atoms with Crippen LogP contribution in [-0.2, 0) is 39.9 Å². The van der Waals surface area contributed by atoms with Gasteiger partial charge in [-0.1, -0.05) is 72.8 Å². The van der Waals surface area contributed by atoms with Gasteiger partial charge in [-0.2, -0.15) is 13.2 Å². The molecule has 2 heterocycles. The van der Waals surface area contributed by atoms with Crippen LogP contribution in [0.15, 0.2) is 91.0 Å². The van der Waals surface area contributed by atoms with Crippen LogP contribution in [-0.4, -0.2) is 75.0 Å². The molecule has 2 aliphatic heterocycles. The summed E-state index contributed by atoms with van der Waals surface area (Å²) in [7, 11) is 1.59. The van der Waals surface area contributed by atoms with E-state index >= 15 is 0 Å². The molecular formula is C35H33F3N4O4. The van der Waals surface area contributed by atoms with E-state index in [1.165, 1.54) is 45.2 Å². The monoisotopic (exact) mass is 630 g/mol. The van der Waals surface area contributed by atoms with E-state index in [1.807, 2.05) is 42.5 Å². The highest BCUT2D eigenvalue weighted by atomic mass is 19.4. The van der Waals surface area contributed by atoms with Crippen LogP contribution in [0.3, 0.4) is 0 Å². The van der Waals surface area contributed by atoms with Crippen LogP contribution in [0.1, 0.15) is 28.7 Å². The topological polar surface area (TPSA) is 84.4 Å². The second kappa shape index (κ2) is 12.5. The average molecular weight is 631 g/mol. The fourth-order valence-electron chi connectivity index (χ4n) is 6.58. The van der Waals surface area contributed by atoms with Crippen molar-refractivity contribution in [2.45, 2.75) is 44.2 Å². The molecule has 0 bridgehead atoms. The Morgan fingerprint density at radius 1 is 0.891 bits per heavy atom. The number of piperazine rings is 1. The van der Waals surface area contributed by atoms with Crippen LogP contribution in [0.5, 0.6) is 5.75 Å². The Morgan fingerprint density at radius 3 is 2.33 bits per heavy atom. The number of likely N-dealkylation sites (N-methyl/N-ethyl adjacent to an activating group) is 1. The number of hydrogen-bond acceptors (Lipinski definition) is 5. The van der Waals surface area contributed by atoms with Crippen molar-refractivity contribution in [1.29, 1.82) is 0 Å². The Hall–Kier alpha value is -4.90. The van der Waals surface area contributed by atoms with Crippen molar-refractivity contribution in [1.82, 2.24) is 19.8 Å².